The van der Waals surface area contributed by atoms with Crippen molar-refractivity contribution in [1.29, 1.82) is 0 Å². The fourth-order valence-corrected chi connectivity index (χ4v) is 4.44. The Morgan fingerprint density at radius 3 is 2.36 bits per heavy atom. The van der Waals surface area contributed by atoms with Crippen LogP contribution in [0.1, 0.15) is 69.2 Å². The second-order valence-electron chi connectivity index (χ2n) is 8.55. The Morgan fingerprint density at radius 1 is 0.879 bits per heavy atom. The van der Waals surface area contributed by atoms with Crippen molar-refractivity contribution in [1.82, 2.24) is 9.80 Å². The zero-order valence-electron chi connectivity index (χ0n) is 19.8. The SMILES string of the molecule is CCOc1cc(C(=O)OCC(=O)N2CCCCC2CC)ccc1OCC(=O)N1CCCCC1. The highest BCUT2D eigenvalue weighted by Gasteiger charge is 2.26. The van der Waals surface area contributed by atoms with Crippen molar-refractivity contribution in [2.75, 3.05) is 39.5 Å². The molecule has 0 spiro atoms. The van der Waals surface area contributed by atoms with E-state index in [1.807, 2.05) is 16.7 Å². The maximum absolute atomic E-state index is 12.6. The van der Waals surface area contributed by atoms with Gasteiger partial charge in [-0.15, -0.1) is 0 Å². The predicted molar refractivity (Wildman–Crippen MR) is 123 cm³/mol. The van der Waals surface area contributed by atoms with E-state index in [1.54, 1.807) is 12.1 Å². The number of benzene rings is 1. The summed E-state index contributed by atoms with van der Waals surface area (Å²) in [5.74, 6) is -0.0376. The maximum Gasteiger partial charge on any atom is 0.338 e. The number of nitrogens with zero attached hydrogens (tertiary/aromatic N) is 2. The van der Waals surface area contributed by atoms with Crippen molar-refractivity contribution < 1.29 is 28.6 Å². The summed E-state index contributed by atoms with van der Waals surface area (Å²) in [5.41, 5.74) is 0.270. The van der Waals surface area contributed by atoms with Crippen LogP contribution in [-0.4, -0.2) is 73.1 Å². The molecule has 8 nitrogen and oxygen atoms in total. The molecule has 2 amide bonds. The molecule has 1 aromatic carbocycles. The Bertz CT molecular complexity index is 821. The zero-order valence-corrected chi connectivity index (χ0v) is 19.8. The molecule has 0 aromatic heterocycles. The number of carbonyl (C=O) groups is 3. The number of likely N-dealkylation sites (tertiary alicyclic amines) is 2. The maximum atomic E-state index is 12.6. The molecule has 3 rings (SSSR count). The standard InChI is InChI=1S/C25H36N2O6/c1-3-20-10-6-9-15-27(20)24(29)18-33-25(30)19-11-12-21(22(16-19)31-4-2)32-17-23(28)26-13-7-5-8-14-26/h11-12,16,20H,3-10,13-15,17-18H2,1-2H3. The number of amides is 2. The van der Waals surface area contributed by atoms with Gasteiger partial charge < -0.3 is 24.0 Å². The molecule has 2 aliphatic heterocycles. The van der Waals surface area contributed by atoms with E-state index in [-0.39, 0.29) is 36.6 Å². The van der Waals surface area contributed by atoms with E-state index in [2.05, 4.69) is 6.92 Å². The van der Waals surface area contributed by atoms with Gasteiger partial charge in [-0.25, -0.2) is 4.79 Å². The number of ether oxygens (including phenoxy) is 3. The van der Waals surface area contributed by atoms with Crippen LogP contribution in [0.5, 0.6) is 11.5 Å². The Hall–Kier alpha value is -2.77. The smallest absolute Gasteiger partial charge is 0.338 e. The lowest BCUT2D eigenvalue weighted by molar-refractivity contribution is -0.138. The first-order valence-electron chi connectivity index (χ1n) is 12.2. The number of carbonyl (C=O) groups excluding carboxylic acids is 3. The first-order valence-corrected chi connectivity index (χ1v) is 12.2. The number of piperidine rings is 2. The lowest BCUT2D eigenvalue weighted by atomic mass is 10.00. The lowest BCUT2D eigenvalue weighted by Crippen LogP contribution is -2.45. The van der Waals surface area contributed by atoms with E-state index in [9.17, 15) is 14.4 Å². The van der Waals surface area contributed by atoms with Gasteiger partial charge in [-0.2, -0.15) is 0 Å². The van der Waals surface area contributed by atoms with Crippen LogP contribution >= 0.6 is 0 Å². The van der Waals surface area contributed by atoms with Crippen LogP contribution in [-0.2, 0) is 14.3 Å². The third-order valence-electron chi connectivity index (χ3n) is 6.28. The average Bonchev–Trinajstić information content (AvgIpc) is 2.86. The highest BCUT2D eigenvalue weighted by Crippen LogP contribution is 2.29. The second-order valence-corrected chi connectivity index (χ2v) is 8.55. The Balaban J connectivity index is 1.57. The van der Waals surface area contributed by atoms with Gasteiger partial charge in [-0.1, -0.05) is 6.92 Å². The van der Waals surface area contributed by atoms with Crippen molar-refractivity contribution in [2.45, 2.75) is 64.8 Å². The van der Waals surface area contributed by atoms with Gasteiger partial charge in [-0.05, 0) is 70.1 Å². The fraction of sp³-hybridized carbons (Fsp3) is 0.640. The summed E-state index contributed by atoms with van der Waals surface area (Å²) in [6.07, 6.45) is 7.20. The van der Waals surface area contributed by atoms with E-state index in [4.69, 9.17) is 14.2 Å². The minimum absolute atomic E-state index is 0.0535. The molecule has 0 aliphatic carbocycles. The Morgan fingerprint density at radius 2 is 1.64 bits per heavy atom. The van der Waals surface area contributed by atoms with Gasteiger partial charge in [0.2, 0.25) is 0 Å². The van der Waals surface area contributed by atoms with Crippen LogP contribution in [0.3, 0.4) is 0 Å². The summed E-state index contributed by atoms with van der Waals surface area (Å²) in [6, 6.07) is 4.92. The van der Waals surface area contributed by atoms with E-state index in [1.165, 1.54) is 6.07 Å². The third-order valence-corrected chi connectivity index (χ3v) is 6.28. The van der Waals surface area contributed by atoms with Gasteiger partial charge >= 0.3 is 5.97 Å². The fourth-order valence-electron chi connectivity index (χ4n) is 4.44. The van der Waals surface area contributed by atoms with Gasteiger partial charge in [0.15, 0.2) is 24.7 Å². The summed E-state index contributed by atoms with van der Waals surface area (Å²) >= 11 is 0. The third kappa shape index (κ3) is 6.85. The van der Waals surface area contributed by atoms with Gasteiger partial charge in [-0.3, -0.25) is 9.59 Å². The molecule has 2 saturated heterocycles. The molecule has 2 fully saturated rings. The summed E-state index contributed by atoms with van der Waals surface area (Å²) in [6.45, 7) is 6.16. The number of esters is 1. The van der Waals surface area contributed by atoms with Crippen LogP contribution in [0, 0.1) is 0 Å². The lowest BCUT2D eigenvalue weighted by Gasteiger charge is -2.35. The first-order chi connectivity index (χ1) is 16.0. The van der Waals surface area contributed by atoms with Crippen LogP contribution < -0.4 is 9.47 Å². The van der Waals surface area contributed by atoms with Crippen LogP contribution in [0.15, 0.2) is 18.2 Å². The average molecular weight is 461 g/mol. The Labute approximate surface area is 196 Å². The van der Waals surface area contributed by atoms with Gasteiger partial charge in [0.05, 0.1) is 12.2 Å². The van der Waals surface area contributed by atoms with Gasteiger partial charge in [0, 0.05) is 25.7 Å². The van der Waals surface area contributed by atoms with E-state index >= 15 is 0 Å². The summed E-state index contributed by atoms with van der Waals surface area (Å²) in [7, 11) is 0. The number of hydrogen-bond donors (Lipinski definition) is 0. The molecule has 1 atom stereocenters. The van der Waals surface area contributed by atoms with Crippen molar-refractivity contribution in [3.63, 3.8) is 0 Å². The second kappa shape index (κ2) is 12.5. The first kappa shape index (κ1) is 24.9. The minimum Gasteiger partial charge on any atom is -0.490 e. The molecule has 182 valence electrons. The van der Waals surface area contributed by atoms with E-state index < -0.39 is 5.97 Å². The highest BCUT2D eigenvalue weighted by molar-refractivity contribution is 5.92. The van der Waals surface area contributed by atoms with Crippen LogP contribution in [0.2, 0.25) is 0 Å². The van der Waals surface area contributed by atoms with Crippen molar-refractivity contribution in [2.24, 2.45) is 0 Å². The van der Waals surface area contributed by atoms with Gasteiger partial charge in [0.25, 0.3) is 11.8 Å². The van der Waals surface area contributed by atoms with E-state index in [0.717, 1.165) is 58.0 Å². The molecule has 2 heterocycles. The predicted octanol–water partition coefficient (Wildman–Crippen LogP) is 3.42. The zero-order chi connectivity index (χ0) is 23.6. The molecule has 8 heteroatoms. The molecular formula is C25H36N2O6. The van der Waals surface area contributed by atoms with Gasteiger partial charge in [0.1, 0.15) is 0 Å². The monoisotopic (exact) mass is 460 g/mol. The number of hydrogen-bond acceptors (Lipinski definition) is 6. The molecular weight excluding hydrogens is 424 g/mol. The molecule has 0 saturated carbocycles. The molecule has 2 aliphatic rings. The van der Waals surface area contributed by atoms with Crippen molar-refractivity contribution >= 4 is 17.8 Å². The molecule has 0 radical (unpaired) electrons. The van der Waals surface area contributed by atoms with E-state index in [0.29, 0.717) is 24.7 Å². The molecule has 1 aromatic rings. The normalized spacial score (nSPS) is 18.5. The molecule has 33 heavy (non-hydrogen) atoms. The minimum atomic E-state index is -0.592. The summed E-state index contributed by atoms with van der Waals surface area (Å²) in [5, 5.41) is 0. The molecule has 1 unspecified atom stereocenters. The Kier molecular flexibility index (Phi) is 9.39. The topological polar surface area (TPSA) is 85.4 Å². The summed E-state index contributed by atoms with van der Waals surface area (Å²) < 4.78 is 16.6. The van der Waals surface area contributed by atoms with Crippen LogP contribution in [0.4, 0.5) is 0 Å². The van der Waals surface area contributed by atoms with Crippen molar-refractivity contribution in [3.05, 3.63) is 23.8 Å². The van der Waals surface area contributed by atoms with Crippen molar-refractivity contribution in [3.8, 4) is 11.5 Å². The highest BCUT2D eigenvalue weighted by atomic mass is 16.5. The quantitative estimate of drug-likeness (QED) is 0.525. The molecule has 0 bridgehead atoms. The van der Waals surface area contributed by atoms with Crippen LogP contribution in [0.25, 0.3) is 0 Å². The summed E-state index contributed by atoms with van der Waals surface area (Å²) in [4.78, 5) is 41.2. The number of rotatable bonds is 9. The largest absolute Gasteiger partial charge is 0.490 e. The molecule has 0 N–H and O–H groups in total.